The predicted octanol–water partition coefficient (Wildman–Crippen LogP) is 3.60. The Labute approximate surface area is 189 Å². The van der Waals surface area contributed by atoms with Gasteiger partial charge in [0.25, 0.3) is 0 Å². The molecule has 0 aromatic carbocycles. The molecule has 160 valence electrons. The highest BCUT2D eigenvalue weighted by molar-refractivity contribution is 14.0. The van der Waals surface area contributed by atoms with Crippen molar-refractivity contribution in [3.05, 3.63) is 16.1 Å². The van der Waals surface area contributed by atoms with Crippen molar-refractivity contribution < 1.29 is 9.53 Å². The van der Waals surface area contributed by atoms with Crippen LogP contribution in [0.5, 0.6) is 0 Å². The Kier molecular flexibility index (Phi) is 9.96. The van der Waals surface area contributed by atoms with Gasteiger partial charge in [-0.05, 0) is 27.2 Å². The van der Waals surface area contributed by atoms with Gasteiger partial charge in [0.2, 0.25) is 0 Å². The number of carbonyl (C=O) groups excluding carboxylic acids is 1. The van der Waals surface area contributed by atoms with Crippen LogP contribution in [0.3, 0.4) is 0 Å². The molecule has 2 heterocycles. The number of alkyl carbamates (subject to hydrolysis) is 1. The topological polar surface area (TPSA) is 78.9 Å². The minimum absolute atomic E-state index is 0. The molecular weight excluding hydrogens is 489 g/mol. The van der Waals surface area contributed by atoms with Crippen LogP contribution in [0.2, 0.25) is 0 Å². The summed E-state index contributed by atoms with van der Waals surface area (Å²) in [5.41, 5.74) is 0.642. The van der Waals surface area contributed by atoms with Gasteiger partial charge in [-0.2, -0.15) is 0 Å². The molecule has 0 radical (unpaired) electrons. The van der Waals surface area contributed by atoms with E-state index >= 15 is 0 Å². The van der Waals surface area contributed by atoms with E-state index in [4.69, 9.17) is 4.74 Å². The molecule has 1 aliphatic rings. The second kappa shape index (κ2) is 11.2. The second-order valence-electron chi connectivity index (χ2n) is 8.13. The molecule has 1 saturated heterocycles. The first-order chi connectivity index (χ1) is 12.7. The van der Waals surface area contributed by atoms with Crippen LogP contribution in [0.25, 0.3) is 0 Å². The maximum absolute atomic E-state index is 11.9. The molecule has 2 N–H and O–H groups in total. The Hall–Kier alpha value is -1.10. The summed E-state index contributed by atoms with van der Waals surface area (Å²) < 4.78 is 5.33. The van der Waals surface area contributed by atoms with Crippen LogP contribution in [0.15, 0.2) is 10.4 Å². The van der Waals surface area contributed by atoms with Gasteiger partial charge in [-0.25, -0.2) is 9.78 Å². The van der Waals surface area contributed by atoms with E-state index in [9.17, 15) is 4.79 Å². The maximum atomic E-state index is 11.9. The molecule has 2 rings (SSSR count). The fraction of sp³-hybridized carbons (Fsp3) is 0.737. The van der Waals surface area contributed by atoms with Crippen molar-refractivity contribution in [2.75, 3.05) is 26.7 Å². The molecule has 1 aromatic heterocycles. The minimum Gasteiger partial charge on any atom is -0.444 e. The van der Waals surface area contributed by atoms with E-state index < -0.39 is 5.60 Å². The zero-order chi connectivity index (χ0) is 20.0. The third-order valence-electron chi connectivity index (χ3n) is 4.15. The minimum atomic E-state index is -0.481. The molecule has 1 aliphatic heterocycles. The number of ether oxygens (including phenoxy) is 1. The Bertz CT molecular complexity index is 657. The Morgan fingerprint density at radius 3 is 2.75 bits per heavy atom. The van der Waals surface area contributed by atoms with E-state index in [0.29, 0.717) is 5.92 Å². The van der Waals surface area contributed by atoms with Crippen LogP contribution in [-0.4, -0.2) is 60.3 Å². The first-order valence-electron chi connectivity index (χ1n) is 9.57. The van der Waals surface area contributed by atoms with Gasteiger partial charge in [-0.1, -0.05) is 13.8 Å². The molecule has 0 saturated carbocycles. The van der Waals surface area contributed by atoms with Crippen molar-refractivity contribution in [3.63, 3.8) is 0 Å². The van der Waals surface area contributed by atoms with Gasteiger partial charge >= 0.3 is 6.09 Å². The van der Waals surface area contributed by atoms with Crippen molar-refractivity contribution in [1.82, 2.24) is 20.5 Å². The highest BCUT2D eigenvalue weighted by Crippen LogP contribution is 2.19. The number of hydrogen-bond donors (Lipinski definition) is 2. The number of hydrogen-bond acceptors (Lipinski definition) is 5. The number of carbonyl (C=O) groups is 1. The number of likely N-dealkylation sites (tertiary alicyclic amines) is 1. The molecule has 7 nitrogen and oxygen atoms in total. The summed E-state index contributed by atoms with van der Waals surface area (Å²) in [5.74, 6) is 1.34. The zero-order valence-electron chi connectivity index (χ0n) is 17.7. The number of rotatable bonds is 5. The SMILES string of the molecule is CN=C(NCCc1csc(C(C)C)n1)N1CCC(NC(=O)OC(C)(C)C)C1.I. The standard InChI is InChI=1S/C19H33N5O2S.HI/c1-13(2)16-22-15(12-27-16)7-9-21-17(20-6)24-10-8-14(11-24)23-18(25)26-19(3,4)5;/h12-14H,7-11H2,1-6H3,(H,20,21)(H,23,25);1H. The van der Waals surface area contributed by atoms with Gasteiger partial charge < -0.3 is 20.3 Å². The summed E-state index contributed by atoms with van der Waals surface area (Å²) in [6.07, 6.45) is 1.39. The lowest BCUT2D eigenvalue weighted by Gasteiger charge is -2.23. The van der Waals surface area contributed by atoms with E-state index in [1.54, 1.807) is 18.4 Å². The zero-order valence-corrected chi connectivity index (χ0v) is 20.9. The Morgan fingerprint density at radius 2 is 2.18 bits per heavy atom. The number of nitrogens with one attached hydrogen (secondary N) is 2. The van der Waals surface area contributed by atoms with Crippen LogP contribution in [0.1, 0.15) is 57.7 Å². The lowest BCUT2D eigenvalue weighted by molar-refractivity contribution is 0.0507. The molecule has 1 fully saturated rings. The number of aromatic nitrogens is 1. The monoisotopic (exact) mass is 523 g/mol. The highest BCUT2D eigenvalue weighted by atomic mass is 127. The first kappa shape index (κ1) is 24.9. The van der Waals surface area contributed by atoms with Gasteiger partial charge in [-0.15, -0.1) is 35.3 Å². The largest absolute Gasteiger partial charge is 0.444 e. The molecule has 0 spiro atoms. The number of guanidine groups is 1. The van der Waals surface area contributed by atoms with Crippen LogP contribution < -0.4 is 10.6 Å². The predicted molar refractivity (Wildman–Crippen MR) is 126 cm³/mol. The molecule has 1 aromatic rings. The Morgan fingerprint density at radius 1 is 1.46 bits per heavy atom. The molecule has 28 heavy (non-hydrogen) atoms. The fourth-order valence-corrected chi connectivity index (χ4v) is 3.75. The Balaban J connectivity index is 0.00000392. The van der Waals surface area contributed by atoms with Crippen molar-refractivity contribution in [3.8, 4) is 0 Å². The van der Waals surface area contributed by atoms with E-state index in [2.05, 4.69) is 44.7 Å². The van der Waals surface area contributed by atoms with Crippen LogP contribution in [-0.2, 0) is 11.2 Å². The second-order valence-corrected chi connectivity index (χ2v) is 9.02. The number of amides is 1. The van der Waals surface area contributed by atoms with Crippen molar-refractivity contribution in [2.45, 2.75) is 65.0 Å². The molecule has 9 heteroatoms. The number of aliphatic imine (C=N–C) groups is 1. The van der Waals surface area contributed by atoms with Gasteiger partial charge in [0.1, 0.15) is 5.60 Å². The van der Waals surface area contributed by atoms with E-state index in [1.165, 1.54) is 5.01 Å². The van der Waals surface area contributed by atoms with E-state index in [1.807, 2.05) is 20.8 Å². The normalized spacial score (nSPS) is 17.5. The summed E-state index contributed by atoms with van der Waals surface area (Å²) >= 11 is 1.73. The molecule has 0 bridgehead atoms. The van der Waals surface area contributed by atoms with Gasteiger partial charge in [-0.3, -0.25) is 4.99 Å². The summed E-state index contributed by atoms with van der Waals surface area (Å²) in [4.78, 5) is 23.1. The quantitative estimate of drug-likeness (QED) is 0.351. The fourth-order valence-electron chi connectivity index (χ4n) is 2.88. The molecule has 1 atom stereocenters. The first-order valence-corrected chi connectivity index (χ1v) is 10.5. The van der Waals surface area contributed by atoms with Crippen molar-refractivity contribution in [1.29, 1.82) is 0 Å². The number of nitrogens with zero attached hydrogens (tertiary/aromatic N) is 3. The lowest BCUT2D eigenvalue weighted by Crippen LogP contribution is -2.44. The average Bonchev–Trinajstić information content (AvgIpc) is 3.19. The van der Waals surface area contributed by atoms with Crippen LogP contribution >= 0.6 is 35.3 Å². The maximum Gasteiger partial charge on any atom is 0.407 e. The van der Waals surface area contributed by atoms with Crippen molar-refractivity contribution >= 4 is 47.4 Å². The molecule has 1 amide bonds. The molecule has 0 aliphatic carbocycles. The summed E-state index contributed by atoms with van der Waals surface area (Å²) in [6.45, 7) is 12.3. The van der Waals surface area contributed by atoms with Crippen molar-refractivity contribution in [2.24, 2.45) is 4.99 Å². The summed E-state index contributed by atoms with van der Waals surface area (Å²) in [6, 6.07) is 0.0746. The van der Waals surface area contributed by atoms with Gasteiger partial charge in [0, 0.05) is 44.4 Å². The average molecular weight is 523 g/mol. The van der Waals surface area contributed by atoms with E-state index in [-0.39, 0.29) is 36.1 Å². The van der Waals surface area contributed by atoms with Crippen LogP contribution in [0.4, 0.5) is 4.79 Å². The van der Waals surface area contributed by atoms with Gasteiger partial charge in [0.15, 0.2) is 5.96 Å². The number of halogens is 1. The smallest absolute Gasteiger partial charge is 0.407 e. The lowest BCUT2D eigenvalue weighted by atomic mass is 10.2. The summed E-state index contributed by atoms with van der Waals surface area (Å²) in [7, 11) is 1.79. The van der Waals surface area contributed by atoms with Gasteiger partial charge in [0.05, 0.1) is 16.7 Å². The van der Waals surface area contributed by atoms with E-state index in [0.717, 1.165) is 44.1 Å². The third kappa shape index (κ3) is 8.10. The number of thiazole rings is 1. The molecule has 1 unspecified atom stereocenters. The van der Waals surface area contributed by atoms with Crippen LogP contribution in [0, 0.1) is 0 Å². The highest BCUT2D eigenvalue weighted by Gasteiger charge is 2.27. The third-order valence-corrected chi connectivity index (χ3v) is 5.34. The molecular formula is C19H34IN5O2S. The summed E-state index contributed by atoms with van der Waals surface area (Å²) in [5, 5.41) is 9.67.